The zero-order valence-electron chi connectivity index (χ0n) is 12.8. The van der Waals surface area contributed by atoms with Gasteiger partial charge in [-0.25, -0.2) is 4.39 Å². The molecule has 2 bridgehead atoms. The first-order valence-corrected chi connectivity index (χ1v) is 8.38. The summed E-state index contributed by atoms with van der Waals surface area (Å²) in [5.74, 6) is 1.05. The molecule has 0 aromatic heterocycles. The first kappa shape index (κ1) is 15.1. The third kappa shape index (κ3) is 3.19. The topological polar surface area (TPSA) is 15.3 Å². The van der Waals surface area contributed by atoms with Crippen molar-refractivity contribution in [1.29, 1.82) is 0 Å². The van der Waals surface area contributed by atoms with Crippen LogP contribution in [0.5, 0.6) is 0 Å². The number of piperidine rings is 1. The number of halogens is 2. The highest BCUT2D eigenvalue weighted by atomic mass is 35.5. The lowest BCUT2D eigenvalue weighted by Gasteiger charge is -2.49. The molecule has 4 heteroatoms. The highest BCUT2D eigenvalue weighted by Gasteiger charge is 2.40. The van der Waals surface area contributed by atoms with Gasteiger partial charge in [-0.1, -0.05) is 18.0 Å². The molecule has 1 N–H and O–H groups in total. The Labute approximate surface area is 131 Å². The molecule has 2 fully saturated rings. The Morgan fingerprint density at radius 3 is 2.52 bits per heavy atom. The number of hydrogen-bond donors (Lipinski definition) is 1. The van der Waals surface area contributed by atoms with Crippen molar-refractivity contribution < 1.29 is 4.39 Å². The summed E-state index contributed by atoms with van der Waals surface area (Å²) in [6, 6.07) is 5.60. The van der Waals surface area contributed by atoms with E-state index in [1.54, 1.807) is 6.07 Å². The van der Waals surface area contributed by atoms with Gasteiger partial charge in [-0.3, -0.25) is 0 Å². The zero-order chi connectivity index (χ0) is 15.0. The lowest BCUT2D eigenvalue weighted by Crippen LogP contribution is -2.56. The van der Waals surface area contributed by atoms with Crippen LogP contribution in [0.25, 0.3) is 0 Å². The predicted octanol–water partition coefficient (Wildman–Crippen LogP) is 4.40. The average molecular weight is 311 g/mol. The van der Waals surface area contributed by atoms with Crippen LogP contribution in [-0.2, 0) is 0 Å². The summed E-state index contributed by atoms with van der Waals surface area (Å²) in [4.78, 5) is 2.58. The minimum atomic E-state index is -0.230. The van der Waals surface area contributed by atoms with E-state index in [1.165, 1.54) is 31.4 Å². The van der Waals surface area contributed by atoms with Crippen molar-refractivity contribution in [2.45, 2.75) is 45.2 Å². The molecule has 0 radical (unpaired) electrons. The molecular weight excluding hydrogens is 287 g/mol. The molecule has 2 unspecified atom stereocenters. The molecule has 116 valence electrons. The summed E-state index contributed by atoms with van der Waals surface area (Å²) in [5.41, 5.74) is 0.747. The maximum absolute atomic E-state index is 13.5. The number of hydrogen-bond acceptors (Lipinski definition) is 2. The van der Waals surface area contributed by atoms with Gasteiger partial charge >= 0.3 is 0 Å². The van der Waals surface area contributed by atoms with E-state index in [1.807, 2.05) is 0 Å². The van der Waals surface area contributed by atoms with Crippen molar-refractivity contribution in [3.63, 3.8) is 0 Å². The SMILES string of the molecule is CC(C)N1CC2CCCC(C1)C2Nc1cc(F)ccc1Cl. The Morgan fingerprint density at radius 2 is 1.90 bits per heavy atom. The fraction of sp³-hybridized carbons (Fsp3) is 0.647. The molecule has 1 aromatic carbocycles. The van der Waals surface area contributed by atoms with Crippen LogP contribution < -0.4 is 5.32 Å². The maximum atomic E-state index is 13.5. The summed E-state index contributed by atoms with van der Waals surface area (Å²) >= 11 is 6.21. The van der Waals surface area contributed by atoms with Gasteiger partial charge in [0.15, 0.2) is 0 Å². The minimum Gasteiger partial charge on any atom is -0.380 e. The van der Waals surface area contributed by atoms with Crippen LogP contribution in [0.4, 0.5) is 10.1 Å². The van der Waals surface area contributed by atoms with Gasteiger partial charge in [-0.15, -0.1) is 0 Å². The van der Waals surface area contributed by atoms with Crippen LogP contribution in [0, 0.1) is 17.7 Å². The summed E-state index contributed by atoms with van der Waals surface area (Å²) in [7, 11) is 0. The largest absolute Gasteiger partial charge is 0.380 e. The Kier molecular flexibility index (Phi) is 4.41. The van der Waals surface area contributed by atoms with Gasteiger partial charge in [0.2, 0.25) is 0 Å². The summed E-state index contributed by atoms with van der Waals surface area (Å²) < 4.78 is 13.5. The van der Waals surface area contributed by atoms with E-state index >= 15 is 0 Å². The molecule has 21 heavy (non-hydrogen) atoms. The molecule has 0 spiro atoms. The van der Waals surface area contributed by atoms with Crippen molar-refractivity contribution in [2.24, 2.45) is 11.8 Å². The van der Waals surface area contributed by atoms with Crippen LogP contribution >= 0.6 is 11.6 Å². The molecule has 1 aromatic rings. The Hall–Kier alpha value is -0.800. The van der Waals surface area contributed by atoms with Gasteiger partial charge in [0, 0.05) is 25.2 Å². The van der Waals surface area contributed by atoms with E-state index in [9.17, 15) is 4.39 Å². The molecule has 2 nitrogen and oxygen atoms in total. The van der Waals surface area contributed by atoms with Crippen molar-refractivity contribution >= 4 is 17.3 Å². The number of anilines is 1. The Balaban J connectivity index is 1.78. The van der Waals surface area contributed by atoms with Crippen LogP contribution in [-0.4, -0.2) is 30.1 Å². The van der Waals surface area contributed by atoms with Gasteiger partial charge in [0.05, 0.1) is 10.7 Å². The second-order valence-electron chi connectivity index (χ2n) is 6.79. The van der Waals surface area contributed by atoms with E-state index < -0.39 is 0 Å². The monoisotopic (exact) mass is 310 g/mol. The predicted molar refractivity (Wildman–Crippen MR) is 86.4 cm³/mol. The smallest absolute Gasteiger partial charge is 0.125 e. The number of nitrogens with one attached hydrogen (secondary N) is 1. The Morgan fingerprint density at radius 1 is 1.24 bits per heavy atom. The molecular formula is C17H24ClFN2. The lowest BCUT2D eigenvalue weighted by molar-refractivity contribution is 0.0518. The molecule has 2 aliphatic rings. The number of likely N-dealkylation sites (tertiary alicyclic amines) is 1. The first-order chi connectivity index (χ1) is 10.0. The van der Waals surface area contributed by atoms with Gasteiger partial charge < -0.3 is 10.2 Å². The third-order valence-electron chi connectivity index (χ3n) is 5.08. The summed E-state index contributed by atoms with van der Waals surface area (Å²) in [6.07, 6.45) is 3.82. The average Bonchev–Trinajstić information content (AvgIpc) is 2.42. The highest BCUT2D eigenvalue weighted by Crippen LogP contribution is 2.38. The molecule has 1 aliphatic carbocycles. The van der Waals surface area contributed by atoms with E-state index in [0.29, 0.717) is 28.9 Å². The lowest BCUT2D eigenvalue weighted by atomic mass is 9.73. The normalized spacial score (nSPS) is 29.7. The van der Waals surface area contributed by atoms with Gasteiger partial charge in [0.1, 0.15) is 5.82 Å². The van der Waals surface area contributed by atoms with Crippen LogP contribution in [0.1, 0.15) is 33.1 Å². The fourth-order valence-corrected chi connectivity index (χ4v) is 4.09. The van der Waals surface area contributed by atoms with Crippen LogP contribution in [0.2, 0.25) is 5.02 Å². The number of fused-ring (bicyclic) bond motifs is 2. The summed E-state index contributed by atoms with van der Waals surface area (Å²) in [5, 5.41) is 4.16. The van der Waals surface area contributed by atoms with Crippen molar-refractivity contribution in [3.8, 4) is 0 Å². The third-order valence-corrected chi connectivity index (χ3v) is 5.41. The molecule has 1 saturated heterocycles. The van der Waals surface area contributed by atoms with E-state index in [-0.39, 0.29) is 5.82 Å². The first-order valence-electron chi connectivity index (χ1n) is 8.00. The molecule has 0 amide bonds. The van der Waals surface area contributed by atoms with E-state index in [2.05, 4.69) is 24.1 Å². The van der Waals surface area contributed by atoms with E-state index in [0.717, 1.165) is 18.8 Å². The molecule has 1 saturated carbocycles. The quantitative estimate of drug-likeness (QED) is 0.890. The highest BCUT2D eigenvalue weighted by molar-refractivity contribution is 6.33. The number of benzene rings is 1. The van der Waals surface area contributed by atoms with Crippen molar-refractivity contribution in [3.05, 3.63) is 29.0 Å². The van der Waals surface area contributed by atoms with Crippen molar-refractivity contribution in [1.82, 2.24) is 4.90 Å². The zero-order valence-corrected chi connectivity index (χ0v) is 13.5. The van der Waals surface area contributed by atoms with Gasteiger partial charge in [-0.05, 0) is 56.7 Å². The van der Waals surface area contributed by atoms with Gasteiger partial charge in [0.25, 0.3) is 0 Å². The minimum absolute atomic E-state index is 0.230. The Bertz CT molecular complexity index is 492. The number of rotatable bonds is 3. The molecule has 3 rings (SSSR count). The fourth-order valence-electron chi connectivity index (χ4n) is 3.92. The standard InChI is InChI=1S/C17H24ClFN2/c1-11(2)21-9-12-4-3-5-13(10-21)17(12)20-16-8-14(19)6-7-15(16)18/h6-8,11-13,17,20H,3-5,9-10H2,1-2H3. The van der Waals surface area contributed by atoms with Crippen LogP contribution in [0.3, 0.4) is 0 Å². The second kappa shape index (κ2) is 6.13. The summed E-state index contributed by atoms with van der Waals surface area (Å²) in [6.45, 7) is 6.82. The maximum Gasteiger partial charge on any atom is 0.125 e. The second-order valence-corrected chi connectivity index (χ2v) is 7.20. The van der Waals surface area contributed by atoms with Crippen LogP contribution in [0.15, 0.2) is 18.2 Å². The van der Waals surface area contributed by atoms with Crippen molar-refractivity contribution in [2.75, 3.05) is 18.4 Å². The number of nitrogens with zero attached hydrogens (tertiary/aromatic N) is 1. The van der Waals surface area contributed by atoms with Gasteiger partial charge in [-0.2, -0.15) is 0 Å². The molecule has 1 aliphatic heterocycles. The molecule has 2 atom stereocenters. The molecule has 1 heterocycles. The van der Waals surface area contributed by atoms with E-state index in [4.69, 9.17) is 11.6 Å².